The first-order chi connectivity index (χ1) is 9.20. The number of hydrogen-bond acceptors (Lipinski definition) is 2. The topological polar surface area (TPSA) is 25.2 Å². The maximum Gasteiger partial charge on any atom is 0.137 e. The van der Waals surface area contributed by atoms with E-state index in [1.54, 1.807) is 0 Å². The molecule has 19 heavy (non-hydrogen) atoms. The summed E-state index contributed by atoms with van der Waals surface area (Å²) in [5.41, 5.74) is 3.54. The van der Waals surface area contributed by atoms with Crippen molar-refractivity contribution in [1.29, 1.82) is 0 Å². The van der Waals surface area contributed by atoms with Gasteiger partial charge in [0.1, 0.15) is 11.3 Å². The van der Waals surface area contributed by atoms with Crippen LogP contribution >= 0.6 is 11.6 Å². The molecule has 1 aliphatic rings. The van der Waals surface area contributed by atoms with Gasteiger partial charge in [0.15, 0.2) is 0 Å². The summed E-state index contributed by atoms with van der Waals surface area (Å²) in [6.45, 7) is 6.10. The van der Waals surface area contributed by atoms with E-state index in [1.807, 2.05) is 6.07 Å². The quantitative estimate of drug-likeness (QED) is 0.796. The second-order valence-corrected chi connectivity index (χ2v) is 5.93. The highest BCUT2D eigenvalue weighted by atomic mass is 35.5. The predicted octanol–water partition coefficient (Wildman–Crippen LogP) is 4.77. The van der Waals surface area contributed by atoms with Crippen LogP contribution in [-0.2, 0) is 6.54 Å². The average molecular weight is 278 g/mol. The van der Waals surface area contributed by atoms with Crippen LogP contribution in [0.15, 0.2) is 16.5 Å². The van der Waals surface area contributed by atoms with Crippen LogP contribution in [0.4, 0.5) is 0 Å². The lowest BCUT2D eigenvalue weighted by atomic mass is 10.0. The third-order valence-electron chi connectivity index (χ3n) is 3.75. The maximum absolute atomic E-state index is 6.20. The van der Waals surface area contributed by atoms with Crippen LogP contribution in [0.3, 0.4) is 0 Å². The van der Waals surface area contributed by atoms with Gasteiger partial charge in [-0.2, -0.15) is 0 Å². The summed E-state index contributed by atoms with van der Waals surface area (Å²) in [4.78, 5) is 0. The Balaban J connectivity index is 2.05. The number of benzene rings is 1. The molecule has 0 amide bonds. The maximum atomic E-state index is 6.20. The molecule has 2 nitrogen and oxygen atoms in total. The fourth-order valence-electron chi connectivity index (χ4n) is 2.72. The van der Waals surface area contributed by atoms with Gasteiger partial charge >= 0.3 is 0 Å². The van der Waals surface area contributed by atoms with Gasteiger partial charge in [0.2, 0.25) is 0 Å². The van der Waals surface area contributed by atoms with E-state index in [2.05, 4.69) is 25.2 Å². The first-order valence-electron chi connectivity index (χ1n) is 7.12. The van der Waals surface area contributed by atoms with E-state index >= 15 is 0 Å². The van der Waals surface area contributed by atoms with Crippen molar-refractivity contribution in [3.05, 3.63) is 34.0 Å². The minimum atomic E-state index is 0.678. The molecule has 1 aliphatic carbocycles. The molecule has 0 bridgehead atoms. The standard InChI is InChI=1S/C16H20ClNO/c1-3-6-18-9-14-15(11-4-5-11)13-8-12(17)7-10(2)16(13)19-14/h7-8,11,18H,3-6,9H2,1-2H3. The Morgan fingerprint density at radius 3 is 2.84 bits per heavy atom. The molecule has 0 radical (unpaired) electrons. The highest BCUT2D eigenvalue weighted by Gasteiger charge is 2.31. The molecule has 0 spiro atoms. The Morgan fingerprint density at radius 1 is 1.37 bits per heavy atom. The van der Waals surface area contributed by atoms with Crippen LogP contribution in [0.5, 0.6) is 0 Å². The van der Waals surface area contributed by atoms with Crippen LogP contribution in [0.25, 0.3) is 11.0 Å². The summed E-state index contributed by atoms with van der Waals surface area (Å²) in [5, 5.41) is 5.47. The zero-order valence-electron chi connectivity index (χ0n) is 11.6. The molecule has 1 saturated carbocycles. The predicted molar refractivity (Wildman–Crippen MR) is 79.9 cm³/mol. The Hall–Kier alpha value is -0.990. The second kappa shape index (κ2) is 5.18. The van der Waals surface area contributed by atoms with E-state index in [0.717, 1.165) is 41.4 Å². The van der Waals surface area contributed by atoms with Gasteiger partial charge in [-0.15, -0.1) is 0 Å². The smallest absolute Gasteiger partial charge is 0.137 e. The molecule has 0 atom stereocenters. The monoisotopic (exact) mass is 277 g/mol. The lowest BCUT2D eigenvalue weighted by Crippen LogP contribution is -2.14. The highest BCUT2D eigenvalue weighted by molar-refractivity contribution is 6.31. The molecule has 3 rings (SSSR count). The van der Waals surface area contributed by atoms with E-state index in [4.69, 9.17) is 16.0 Å². The largest absolute Gasteiger partial charge is 0.459 e. The molecule has 102 valence electrons. The van der Waals surface area contributed by atoms with Gasteiger partial charge in [0.05, 0.1) is 6.54 Å². The fraction of sp³-hybridized carbons (Fsp3) is 0.500. The van der Waals surface area contributed by atoms with Gasteiger partial charge in [-0.05, 0) is 56.3 Å². The van der Waals surface area contributed by atoms with E-state index in [1.165, 1.54) is 23.8 Å². The Labute approximate surface area is 119 Å². The molecular formula is C16H20ClNO. The number of hydrogen-bond donors (Lipinski definition) is 1. The summed E-state index contributed by atoms with van der Waals surface area (Å²) >= 11 is 6.20. The summed E-state index contributed by atoms with van der Waals surface area (Å²) in [7, 11) is 0. The van der Waals surface area contributed by atoms with Gasteiger partial charge in [-0.3, -0.25) is 0 Å². The van der Waals surface area contributed by atoms with Crippen LogP contribution in [0, 0.1) is 6.92 Å². The Bertz CT molecular complexity index is 598. The van der Waals surface area contributed by atoms with Crippen molar-refractivity contribution < 1.29 is 4.42 Å². The normalized spacial score (nSPS) is 15.3. The fourth-order valence-corrected chi connectivity index (χ4v) is 3.00. The first kappa shape index (κ1) is 13.0. The van der Waals surface area contributed by atoms with Crippen LogP contribution in [0.1, 0.15) is 49.0 Å². The van der Waals surface area contributed by atoms with Gasteiger partial charge in [-0.25, -0.2) is 0 Å². The third kappa shape index (κ3) is 2.52. The molecule has 0 unspecified atom stereocenters. The zero-order valence-corrected chi connectivity index (χ0v) is 12.3. The van der Waals surface area contributed by atoms with E-state index in [0.29, 0.717) is 5.92 Å². The third-order valence-corrected chi connectivity index (χ3v) is 3.97. The lowest BCUT2D eigenvalue weighted by Gasteiger charge is -2.03. The molecule has 2 aromatic rings. The van der Waals surface area contributed by atoms with Crippen molar-refractivity contribution in [3.8, 4) is 0 Å². The van der Waals surface area contributed by atoms with Crippen LogP contribution in [-0.4, -0.2) is 6.54 Å². The van der Waals surface area contributed by atoms with Crippen molar-refractivity contribution in [1.82, 2.24) is 5.32 Å². The lowest BCUT2D eigenvalue weighted by molar-refractivity contribution is 0.506. The van der Waals surface area contributed by atoms with Crippen LogP contribution in [0.2, 0.25) is 5.02 Å². The minimum Gasteiger partial charge on any atom is -0.459 e. The molecule has 1 aromatic heterocycles. The number of rotatable bonds is 5. The molecule has 3 heteroatoms. The second-order valence-electron chi connectivity index (χ2n) is 5.49. The molecule has 1 aromatic carbocycles. The van der Waals surface area contributed by atoms with Crippen molar-refractivity contribution >= 4 is 22.6 Å². The molecule has 1 heterocycles. The molecule has 1 N–H and O–H groups in total. The van der Waals surface area contributed by atoms with Crippen molar-refractivity contribution in [2.24, 2.45) is 0 Å². The molecule has 1 fully saturated rings. The summed E-state index contributed by atoms with van der Waals surface area (Å²) in [6.07, 6.45) is 3.70. The van der Waals surface area contributed by atoms with E-state index in [-0.39, 0.29) is 0 Å². The van der Waals surface area contributed by atoms with E-state index in [9.17, 15) is 0 Å². The Morgan fingerprint density at radius 2 is 2.16 bits per heavy atom. The van der Waals surface area contributed by atoms with Gasteiger partial charge in [0, 0.05) is 16.0 Å². The minimum absolute atomic E-state index is 0.678. The molecule has 0 saturated heterocycles. The van der Waals surface area contributed by atoms with Gasteiger partial charge in [0.25, 0.3) is 0 Å². The summed E-state index contributed by atoms with van der Waals surface area (Å²) in [6, 6.07) is 4.04. The zero-order chi connectivity index (χ0) is 13.4. The van der Waals surface area contributed by atoms with E-state index < -0.39 is 0 Å². The number of halogens is 1. The molecule has 0 aliphatic heterocycles. The van der Waals surface area contributed by atoms with Gasteiger partial charge in [-0.1, -0.05) is 18.5 Å². The Kier molecular flexibility index (Phi) is 3.55. The first-order valence-corrected chi connectivity index (χ1v) is 7.50. The number of furan rings is 1. The number of fused-ring (bicyclic) bond motifs is 1. The highest BCUT2D eigenvalue weighted by Crippen LogP contribution is 2.47. The average Bonchev–Trinajstić information content (AvgIpc) is 3.12. The van der Waals surface area contributed by atoms with Crippen molar-refractivity contribution in [3.63, 3.8) is 0 Å². The summed E-state index contributed by atoms with van der Waals surface area (Å²) < 4.78 is 6.11. The van der Waals surface area contributed by atoms with Gasteiger partial charge < -0.3 is 9.73 Å². The van der Waals surface area contributed by atoms with Crippen molar-refractivity contribution in [2.45, 2.75) is 45.6 Å². The molecular weight excluding hydrogens is 258 g/mol. The van der Waals surface area contributed by atoms with Crippen LogP contribution < -0.4 is 5.32 Å². The SMILES string of the molecule is CCCNCc1oc2c(C)cc(Cl)cc2c1C1CC1. The summed E-state index contributed by atoms with van der Waals surface area (Å²) in [5.74, 6) is 1.79. The number of nitrogens with one attached hydrogen (secondary N) is 1. The number of aryl methyl sites for hydroxylation is 1. The van der Waals surface area contributed by atoms with Crippen molar-refractivity contribution in [2.75, 3.05) is 6.54 Å².